The lowest BCUT2D eigenvalue weighted by Gasteiger charge is -2.11. The Labute approximate surface area is 157 Å². The minimum atomic E-state index is -0.450. The molecular formula is C20H22N4O3. The van der Waals surface area contributed by atoms with Crippen molar-refractivity contribution in [2.75, 3.05) is 20.7 Å². The zero-order valence-electron chi connectivity index (χ0n) is 16.1. The van der Waals surface area contributed by atoms with Gasteiger partial charge in [-0.3, -0.25) is 4.79 Å². The lowest BCUT2D eigenvalue weighted by molar-refractivity contribution is 0.0519. The Morgan fingerprint density at radius 1 is 1.15 bits per heavy atom. The summed E-state index contributed by atoms with van der Waals surface area (Å²) in [6.07, 6.45) is 0. The first-order chi connectivity index (χ1) is 12.8. The maximum Gasteiger partial charge on any atom is 0.357 e. The van der Waals surface area contributed by atoms with Crippen molar-refractivity contribution >= 4 is 17.5 Å². The van der Waals surface area contributed by atoms with Gasteiger partial charge in [0.1, 0.15) is 0 Å². The van der Waals surface area contributed by atoms with Crippen LogP contribution in [0, 0.1) is 13.8 Å². The molecule has 27 heavy (non-hydrogen) atoms. The van der Waals surface area contributed by atoms with Gasteiger partial charge >= 0.3 is 5.97 Å². The number of benzene rings is 1. The maximum atomic E-state index is 12.1. The maximum absolute atomic E-state index is 12.1. The Balaban J connectivity index is 2.04. The second-order valence-corrected chi connectivity index (χ2v) is 6.53. The van der Waals surface area contributed by atoms with Crippen LogP contribution in [-0.2, 0) is 4.74 Å². The molecule has 0 fully saturated rings. The highest BCUT2D eigenvalue weighted by molar-refractivity contribution is 5.94. The van der Waals surface area contributed by atoms with E-state index in [0.29, 0.717) is 17.8 Å². The standard InChI is InChI=1S/C20H22N4O3/c1-6-27-20(26)17-10-13(3)24-18(21-17)11-16(22-24)15-8-7-14(9-12(15)2)19(25)23(4)5/h7-11H,6H2,1-5H3. The molecule has 3 rings (SSSR count). The molecule has 0 aliphatic heterocycles. The molecule has 140 valence electrons. The van der Waals surface area contributed by atoms with Gasteiger partial charge in [-0.05, 0) is 44.5 Å². The van der Waals surface area contributed by atoms with Gasteiger partial charge in [-0.2, -0.15) is 5.10 Å². The van der Waals surface area contributed by atoms with Crippen molar-refractivity contribution in [2.45, 2.75) is 20.8 Å². The van der Waals surface area contributed by atoms with Crippen molar-refractivity contribution in [3.63, 3.8) is 0 Å². The van der Waals surface area contributed by atoms with Gasteiger partial charge in [-0.15, -0.1) is 0 Å². The van der Waals surface area contributed by atoms with Crippen LogP contribution in [0.3, 0.4) is 0 Å². The van der Waals surface area contributed by atoms with Crippen molar-refractivity contribution in [1.29, 1.82) is 0 Å². The first-order valence-electron chi connectivity index (χ1n) is 8.69. The van der Waals surface area contributed by atoms with Crippen LogP contribution in [0.5, 0.6) is 0 Å². The lowest BCUT2D eigenvalue weighted by Crippen LogP contribution is -2.21. The average Bonchev–Trinajstić information content (AvgIpc) is 3.05. The predicted octanol–water partition coefficient (Wildman–Crippen LogP) is 2.89. The van der Waals surface area contributed by atoms with E-state index < -0.39 is 5.97 Å². The molecule has 7 nitrogen and oxygen atoms in total. The summed E-state index contributed by atoms with van der Waals surface area (Å²) in [5.41, 5.74) is 4.82. The third-order valence-electron chi connectivity index (χ3n) is 4.25. The van der Waals surface area contributed by atoms with Crippen LogP contribution in [0.1, 0.15) is 39.0 Å². The van der Waals surface area contributed by atoms with E-state index in [4.69, 9.17) is 4.74 Å². The SMILES string of the molecule is CCOC(=O)c1cc(C)n2nc(-c3ccc(C(=O)N(C)C)cc3C)cc2n1. The summed E-state index contributed by atoms with van der Waals surface area (Å²) in [5.74, 6) is -0.496. The Morgan fingerprint density at radius 2 is 1.89 bits per heavy atom. The van der Waals surface area contributed by atoms with E-state index in [-0.39, 0.29) is 11.6 Å². The van der Waals surface area contributed by atoms with Gasteiger partial charge in [0.2, 0.25) is 0 Å². The topological polar surface area (TPSA) is 76.8 Å². The molecule has 2 heterocycles. The fourth-order valence-electron chi connectivity index (χ4n) is 2.91. The molecule has 0 saturated carbocycles. The van der Waals surface area contributed by atoms with Gasteiger partial charge in [0.25, 0.3) is 5.91 Å². The Morgan fingerprint density at radius 3 is 2.52 bits per heavy atom. The van der Waals surface area contributed by atoms with Gasteiger partial charge in [0.05, 0.1) is 12.3 Å². The van der Waals surface area contributed by atoms with Crippen molar-refractivity contribution < 1.29 is 14.3 Å². The van der Waals surface area contributed by atoms with Gasteiger partial charge in [-0.25, -0.2) is 14.3 Å². The second kappa shape index (κ2) is 7.19. The van der Waals surface area contributed by atoms with E-state index in [2.05, 4.69) is 10.1 Å². The molecular weight excluding hydrogens is 344 g/mol. The summed E-state index contributed by atoms with van der Waals surface area (Å²) in [4.78, 5) is 30.0. The molecule has 3 aromatic rings. The van der Waals surface area contributed by atoms with Crippen molar-refractivity contribution in [3.05, 3.63) is 52.8 Å². The van der Waals surface area contributed by atoms with E-state index in [0.717, 1.165) is 22.5 Å². The van der Waals surface area contributed by atoms with Crippen LogP contribution in [0.4, 0.5) is 0 Å². The van der Waals surface area contributed by atoms with Crippen LogP contribution in [0.15, 0.2) is 30.3 Å². The number of aryl methyl sites for hydroxylation is 2. The van der Waals surface area contributed by atoms with Crippen LogP contribution < -0.4 is 0 Å². The molecule has 0 atom stereocenters. The van der Waals surface area contributed by atoms with Crippen LogP contribution >= 0.6 is 0 Å². The molecule has 0 aliphatic rings. The number of ether oxygens (including phenoxy) is 1. The van der Waals surface area contributed by atoms with Crippen LogP contribution in [0.25, 0.3) is 16.9 Å². The first kappa shape index (κ1) is 18.6. The van der Waals surface area contributed by atoms with Gasteiger partial charge in [-0.1, -0.05) is 6.07 Å². The number of nitrogens with zero attached hydrogens (tertiary/aromatic N) is 4. The van der Waals surface area contributed by atoms with Crippen molar-refractivity contribution in [2.24, 2.45) is 0 Å². The van der Waals surface area contributed by atoms with E-state index in [1.54, 1.807) is 42.6 Å². The summed E-state index contributed by atoms with van der Waals surface area (Å²) in [6.45, 7) is 5.86. The number of hydrogen-bond acceptors (Lipinski definition) is 5. The van der Waals surface area contributed by atoms with Gasteiger partial charge in [0.15, 0.2) is 11.3 Å². The summed E-state index contributed by atoms with van der Waals surface area (Å²) < 4.78 is 6.72. The molecule has 1 amide bonds. The number of amides is 1. The molecule has 0 unspecified atom stereocenters. The molecule has 0 radical (unpaired) electrons. The van der Waals surface area contributed by atoms with Crippen molar-refractivity contribution in [1.82, 2.24) is 19.5 Å². The number of hydrogen-bond donors (Lipinski definition) is 0. The summed E-state index contributed by atoms with van der Waals surface area (Å²) >= 11 is 0. The van der Waals surface area contributed by atoms with E-state index in [1.165, 1.54) is 0 Å². The molecule has 0 aliphatic carbocycles. The number of carbonyl (C=O) groups is 2. The van der Waals surface area contributed by atoms with Gasteiger partial charge in [0, 0.05) is 37.0 Å². The fourth-order valence-corrected chi connectivity index (χ4v) is 2.91. The van der Waals surface area contributed by atoms with Crippen molar-refractivity contribution in [3.8, 4) is 11.3 Å². The third-order valence-corrected chi connectivity index (χ3v) is 4.25. The molecule has 0 saturated heterocycles. The monoisotopic (exact) mass is 366 g/mol. The number of rotatable bonds is 4. The zero-order chi connectivity index (χ0) is 19.7. The lowest BCUT2D eigenvalue weighted by atomic mass is 10.0. The fraction of sp³-hybridized carbons (Fsp3) is 0.300. The normalized spacial score (nSPS) is 10.9. The van der Waals surface area contributed by atoms with Crippen LogP contribution in [-0.4, -0.2) is 52.1 Å². The van der Waals surface area contributed by atoms with Gasteiger partial charge < -0.3 is 9.64 Å². The zero-order valence-corrected chi connectivity index (χ0v) is 16.1. The number of fused-ring (bicyclic) bond motifs is 1. The number of carbonyl (C=O) groups excluding carboxylic acids is 2. The van der Waals surface area contributed by atoms with E-state index >= 15 is 0 Å². The molecule has 1 aromatic carbocycles. The molecule has 7 heteroatoms. The van der Waals surface area contributed by atoms with E-state index in [9.17, 15) is 9.59 Å². The predicted molar refractivity (Wildman–Crippen MR) is 102 cm³/mol. The molecule has 2 aromatic heterocycles. The Hall–Kier alpha value is -3.22. The number of esters is 1. The molecule has 0 bridgehead atoms. The van der Waals surface area contributed by atoms with Crippen LogP contribution in [0.2, 0.25) is 0 Å². The third kappa shape index (κ3) is 3.53. The average molecular weight is 366 g/mol. The molecule has 0 spiro atoms. The Bertz CT molecular complexity index is 1040. The highest BCUT2D eigenvalue weighted by Gasteiger charge is 2.16. The second-order valence-electron chi connectivity index (χ2n) is 6.53. The minimum Gasteiger partial charge on any atom is -0.461 e. The summed E-state index contributed by atoms with van der Waals surface area (Å²) in [5, 5.41) is 4.61. The summed E-state index contributed by atoms with van der Waals surface area (Å²) in [6, 6.07) is 9.01. The van der Waals surface area contributed by atoms with E-state index in [1.807, 2.05) is 32.0 Å². The highest BCUT2D eigenvalue weighted by atomic mass is 16.5. The highest BCUT2D eigenvalue weighted by Crippen LogP contribution is 2.25. The smallest absolute Gasteiger partial charge is 0.357 e. The Kier molecular flexibility index (Phi) is 4.94. The minimum absolute atomic E-state index is 0.0451. The number of aromatic nitrogens is 3. The molecule has 0 N–H and O–H groups in total. The first-order valence-corrected chi connectivity index (χ1v) is 8.69. The quantitative estimate of drug-likeness (QED) is 0.664. The summed E-state index contributed by atoms with van der Waals surface area (Å²) in [7, 11) is 3.45. The largest absolute Gasteiger partial charge is 0.461 e.